The van der Waals surface area contributed by atoms with E-state index in [1.165, 1.54) is 16.2 Å². The summed E-state index contributed by atoms with van der Waals surface area (Å²) >= 11 is 1.39. The van der Waals surface area contributed by atoms with Crippen molar-refractivity contribution in [2.75, 3.05) is 31.0 Å². The summed E-state index contributed by atoms with van der Waals surface area (Å²) in [6.45, 7) is -0.316. The topological polar surface area (TPSA) is 118 Å². The van der Waals surface area contributed by atoms with Crippen molar-refractivity contribution in [2.45, 2.75) is 37.8 Å². The lowest BCUT2D eigenvalue weighted by Gasteiger charge is -2.40. The first-order valence-corrected chi connectivity index (χ1v) is 15.5. The Morgan fingerprint density at radius 3 is 2.24 bits per heavy atom. The molecule has 0 bridgehead atoms. The van der Waals surface area contributed by atoms with Crippen molar-refractivity contribution < 1.29 is 28.7 Å². The number of Topliss-reactive ketones (excluding diaryl/α,β-unsaturated/α-hetero) is 1. The van der Waals surface area contributed by atoms with Crippen molar-refractivity contribution in [3.63, 3.8) is 0 Å². The highest BCUT2D eigenvalue weighted by Gasteiger charge is 2.49. The molecule has 1 saturated carbocycles. The number of ketones is 1. The summed E-state index contributed by atoms with van der Waals surface area (Å²) in [5.41, 5.74) is 1.67. The Morgan fingerprint density at radius 2 is 1.58 bits per heavy atom. The highest BCUT2D eigenvalue weighted by molar-refractivity contribution is 7.09. The molecule has 0 radical (unpaired) electrons. The van der Waals surface area contributed by atoms with E-state index in [2.05, 4.69) is 5.32 Å². The summed E-state index contributed by atoms with van der Waals surface area (Å²) in [5, 5.41) is 5.57. The lowest BCUT2D eigenvalue weighted by molar-refractivity contribution is -0.145. The molecule has 1 aliphatic heterocycles. The van der Waals surface area contributed by atoms with Gasteiger partial charge in [0, 0.05) is 16.6 Å². The SMILES string of the molecule is COc1ccc(NC(=O)C2(N(Cc3nc(-c4ccc(OC)cc4)cs3)C(=O)CN3C(=O)C(=O)c4ccccc43)CCCC2)cc1. The Labute approximate surface area is 264 Å². The largest absolute Gasteiger partial charge is 0.497 e. The monoisotopic (exact) mass is 624 g/mol. The summed E-state index contributed by atoms with van der Waals surface area (Å²) in [6.07, 6.45) is 2.39. The molecular weight excluding hydrogens is 592 g/mol. The average molecular weight is 625 g/mol. The van der Waals surface area contributed by atoms with Gasteiger partial charge in [0.1, 0.15) is 28.6 Å². The summed E-state index contributed by atoms with van der Waals surface area (Å²) < 4.78 is 10.5. The number of ether oxygens (including phenoxy) is 2. The van der Waals surface area contributed by atoms with Crippen molar-refractivity contribution in [3.8, 4) is 22.8 Å². The van der Waals surface area contributed by atoms with Gasteiger partial charge in [0.05, 0.1) is 37.7 Å². The number of hydrogen-bond donors (Lipinski definition) is 1. The maximum absolute atomic E-state index is 14.3. The molecule has 10 nitrogen and oxygen atoms in total. The van der Waals surface area contributed by atoms with Crippen molar-refractivity contribution >= 4 is 46.2 Å². The zero-order valence-corrected chi connectivity index (χ0v) is 25.8. The quantitative estimate of drug-likeness (QED) is 0.237. The molecule has 2 aliphatic rings. The number of amides is 3. The smallest absolute Gasteiger partial charge is 0.299 e. The number of aromatic nitrogens is 1. The van der Waals surface area contributed by atoms with E-state index in [0.717, 1.165) is 29.8 Å². The number of carbonyl (C=O) groups excluding carboxylic acids is 4. The number of methoxy groups -OCH3 is 2. The van der Waals surface area contributed by atoms with E-state index in [0.29, 0.717) is 35.0 Å². The minimum Gasteiger partial charge on any atom is -0.497 e. The Bertz CT molecular complexity index is 1750. The number of nitrogens with zero attached hydrogens (tertiary/aromatic N) is 3. The Morgan fingerprint density at radius 1 is 0.933 bits per heavy atom. The molecule has 1 fully saturated rings. The van der Waals surface area contributed by atoms with E-state index >= 15 is 0 Å². The standard InChI is InChI=1S/C34H32N4O6S/c1-43-24-13-9-22(10-14-24)27-21-45-29(36-27)19-38(30(39)20-37-28-8-4-3-7-26(28)31(40)32(37)41)34(17-5-6-18-34)33(42)35-23-11-15-25(44-2)16-12-23/h3-4,7-16,21H,5-6,17-20H2,1-2H3,(H,35,42). The summed E-state index contributed by atoms with van der Waals surface area (Å²) in [5.74, 6) is -0.781. The summed E-state index contributed by atoms with van der Waals surface area (Å²) in [7, 11) is 3.18. The van der Waals surface area contributed by atoms with Crippen LogP contribution in [0.4, 0.5) is 11.4 Å². The Balaban J connectivity index is 1.33. The van der Waals surface area contributed by atoms with E-state index in [-0.39, 0.29) is 24.6 Å². The van der Waals surface area contributed by atoms with E-state index in [1.807, 2.05) is 29.6 Å². The third-order valence-electron chi connectivity index (χ3n) is 8.42. The van der Waals surface area contributed by atoms with Crippen LogP contribution in [0.2, 0.25) is 0 Å². The zero-order valence-electron chi connectivity index (χ0n) is 24.9. The first-order chi connectivity index (χ1) is 21.8. The van der Waals surface area contributed by atoms with Crippen molar-refractivity contribution in [3.05, 3.63) is 88.7 Å². The van der Waals surface area contributed by atoms with Gasteiger partial charge in [0.2, 0.25) is 11.8 Å². The second-order valence-electron chi connectivity index (χ2n) is 11.0. The number of rotatable bonds is 10. The first kappa shape index (κ1) is 30.0. The Kier molecular flexibility index (Phi) is 8.36. The molecule has 1 aromatic heterocycles. The van der Waals surface area contributed by atoms with E-state index in [4.69, 9.17) is 14.5 Å². The average Bonchev–Trinajstić information content (AvgIpc) is 3.81. The van der Waals surface area contributed by atoms with Gasteiger partial charge in [0.15, 0.2) is 0 Å². The fourth-order valence-electron chi connectivity index (χ4n) is 6.02. The molecule has 3 aromatic carbocycles. The molecule has 3 amide bonds. The molecule has 6 rings (SSSR count). The molecule has 4 aromatic rings. The second-order valence-corrected chi connectivity index (χ2v) is 11.9. The lowest BCUT2D eigenvalue weighted by Crippen LogP contribution is -2.59. The second kappa shape index (κ2) is 12.5. The number of hydrogen-bond acceptors (Lipinski definition) is 8. The van der Waals surface area contributed by atoms with Crippen molar-refractivity contribution in [1.29, 1.82) is 0 Å². The molecule has 0 saturated heterocycles. The third kappa shape index (κ3) is 5.78. The molecule has 11 heteroatoms. The minimum atomic E-state index is -1.19. The lowest BCUT2D eigenvalue weighted by atomic mass is 9.92. The van der Waals surface area contributed by atoms with Crippen LogP contribution in [0.3, 0.4) is 0 Å². The van der Waals surface area contributed by atoms with E-state index in [1.54, 1.807) is 67.7 Å². The van der Waals surface area contributed by atoms with E-state index in [9.17, 15) is 19.2 Å². The van der Waals surface area contributed by atoms with Gasteiger partial charge >= 0.3 is 0 Å². The normalized spacial score (nSPS) is 15.1. The summed E-state index contributed by atoms with van der Waals surface area (Å²) in [4.78, 5) is 61.8. The minimum absolute atomic E-state index is 0.0628. The van der Waals surface area contributed by atoms with Crippen LogP contribution < -0.4 is 19.7 Å². The molecule has 1 aliphatic carbocycles. The molecular formula is C34H32N4O6S. The van der Waals surface area contributed by atoms with Crippen LogP contribution in [0.5, 0.6) is 11.5 Å². The van der Waals surface area contributed by atoms with Gasteiger partial charge in [-0.15, -0.1) is 11.3 Å². The van der Waals surface area contributed by atoms with Gasteiger partial charge in [-0.2, -0.15) is 0 Å². The van der Waals surface area contributed by atoms with Gasteiger partial charge in [-0.1, -0.05) is 25.0 Å². The highest BCUT2D eigenvalue weighted by atomic mass is 32.1. The van der Waals surface area contributed by atoms with Crippen LogP contribution in [-0.2, 0) is 20.9 Å². The summed E-state index contributed by atoms with van der Waals surface area (Å²) in [6, 6.07) is 21.2. The van der Waals surface area contributed by atoms with Crippen LogP contribution in [0.15, 0.2) is 78.2 Å². The molecule has 1 N–H and O–H groups in total. The number of anilines is 2. The predicted octanol–water partition coefficient (Wildman–Crippen LogP) is 5.34. The molecule has 0 spiro atoms. The van der Waals surface area contributed by atoms with Crippen LogP contribution in [0, 0.1) is 0 Å². The number of fused-ring (bicyclic) bond motifs is 1. The first-order valence-electron chi connectivity index (χ1n) is 14.6. The number of benzene rings is 3. The van der Waals surface area contributed by atoms with Crippen LogP contribution in [-0.4, -0.2) is 59.7 Å². The number of para-hydroxylation sites is 1. The van der Waals surface area contributed by atoms with Gasteiger partial charge in [-0.05, 0) is 73.5 Å². The van der Waals surface area contributed by atoms with Crippen LogP contribution in [0.25, 0.3) is 11.3 Å². The van der Waals surface area contributed by atoms with Crippen LogP contribution >= 0.6 is 11.3 Å². The van der Waals surface area contributed by atoms with Gasteiger partial charge in [0.25, 0.3) is 11.7 Å². The van der Waals surface area contributed by atoms with Gasteiger partial charge in [-0.3, -0.25) is 24.1 Å². The highest BCUT2D eigenvalue weighted by Crippen LogP contribution is 2.39. The maximum atomic E-state index is 14.3. The molecule has 230 valence electrons. The maximum Gasteiger partial charge on any atom is 0.299 e. The molecule has 0 atom stereocenters. The zero-order chi connectivity index (χ0) is 31.6. The fourth-order valence-corrected chi connectivity index (χ4v) is 6.81. The van der Waals surface area contributed by atoms with Crippen molar-refractivity contribution in [1.82, 2.24) is 9.88 Å². The van der Waals surface area contributed by atoms with Gasteiger partial charge < -0.3 is 19.7 Å². The molecule has 0 unspecified atom stereocenters. The predicted molar refractivity (Wildman–Crippen MR) is 171 cm³/mol. The number of carbonyl (C=O) groups is 4. The van der Waals surface area contributed by atoms with Crippen molar-refractivity contribution in [2.24, 2.45) is 0 Å². The number of thiazole rings is 1. The Hall–Kier alpha value is -5.03. The molecule has 45 heavy (non-hydrogen) atoms. The van der Waals surface area contributed by atoms with Gasteiger partial charge in [-0.25, -0.2) is 4.98 Å². The molecule has 2 heterocycles. The third-order valence-corrected chi connectivity index (χ3v) is 9.26. The fraction of sp³-hybridized carbons (Fsp3) is 0.265. The van der Waals surface area contributed by atoms with E-state index < -0.39 is 23.1 Å². The number of nitrogens with one attached hydrogen (secondary N) is 1. The van der Waals surface area contributed by atoms with Crippen LogP contribution in [0.1, 0.15) is 41.0 Å².